The average molecular weight is 260 g/mol. The first kappa shape index (κ1) is 12.1. The molecule has 1 saturated heterocycles. The second kappa shape index (κ2) is 4.97. The number of pyridine rings is 1. The van der Waals surface area contributed by atoms with Gasteiger partial charge >= 0.3 is 5.97 Å². The zero-order valence-electron chi connectivity index (χ0n) is 10.5. The Bertz CT molecular complexity index is 602. The van der Waals surface area contributed by atoms with E-state index in [0.717, 1.165) is 25.3 Å². The van der Waals surface area contributed by atoms with Gasteiger partial charge in [0.05, 0.1) is 5.56 Å². The molecule has 2 aromatic rings. The first-order chi connectivity index (χ1) is 9.22. The molecule has 2 aromatic heterocycles. The quantitative estimate of drug-likeness (QED) is 0.859. The molecule has 1 unspecified atom stereocenters. The zero-order chi connectivity index (χ0) is 13.2. The first-order valence-electron chi connectivity index (χ1n) is 6.52. The van der Waals surface area contributed by atoms with Crippen molar-refractivity contribution < 1.29 is 9.90 Å². The lowest BCUT2D eigenvalue weighted by Crippen LogP contribution is -2.31. The highest BCUT2D eigenvalue weighted by Crippen LogP contribution is 2.15. The molecule has 0 bridgehead atoms. The van der Waals surface area contributed by atoms with Crippen molar-refractivity contribution in [2.24, 2.45) is 5.92 Å². The van der Waals surface area contributed by atoms with Crippen LogP contribution in [0.4, 0.5) is 0 Å². The fourth-order valence-electron chi connectivity index (χ4n) is 2.50. The van der Waals surface area contributed by atoms with E-state index in [1.165, 1.54) is 19.0 Å². The summed E-state index contributed by atoms with van der Waals surface area (Å²) in [5.74, 6) is 0.414. The lowest BCUT2D eigenvalue weighted by Gasteiger charge is -2.21. The van der Waals surface area contributed by atoms with Crippen molar-refractivity contribution in [3.63, 3.8) is 0 Å². The van der Waals surface area contributed by atoms with Crippen molar-refractivity contribution in [3.8, 4) is 0 Å². The highest BCUT2D eigenvalue weighted by Gasteiger charge is 2.16. The summed E-state index contributed by atoms with van der Waals surface area (Å²) in [6.45, 7) is 2.10. The summed E-state index contributed by atoms with van der Waals surface area (Å²) in [4.78, 5) is 15.3. The summed E-state index contributed by atoms with van der Waals surface area (Å²) in [6, 6.07) is 3.25. The van der Waals surface area contributed by atoms with E-state index in [0.29, 0.717) is 11.6 Å². The van der Waals surface area contributed by atoms with Crippen molar-refractivity contribution in [1.82, 2.24) is 19.9 Å². The molecular formula is C13H16N4O2. The molecule has 100 valence electrons. The first-order valence-corrected chi connectivity index (χ1v) is 6.52. The minimum absolute atomic E-state index is 0.225. The van der Waals surface area contributed by atoms with Crippen LogP contribution < -0.4 is 5.32 Å². The van der Waals surface area contributed by atoms with Crippen LogP contribution in [0.5, 0.6) is 0 Å². The molecule has 0 spiro atoms. The SMILES string of the molecule is O=C(O)c1ccc2nc(CC3CCCNC3)nn2c1. The number of carboxylic acids is 1. The Morgan fingerprint density at radius 3 is 3.16 bits per heavy atom. The van der Waals surface area contributed by atoms with Gasteiger partial charge in [-0.15, -0.1) is 0 Å². The Labute approximate surface area is 110 Å². The highest BCUT2D eigenvalue weighted by molar-refractivity contribution is 5.87. The standard InChI is InChI=1S/C13H16N4O2/c18-13(19)10-3-4-12-15-11(16-17(12)8-10)6-9-2-1-5-14-7-9/h3-4,8-9,14H,1-2,5-7H2,(H,18,19). The molecule has 1 fully saturated rings. The van der Waals surface area contributed by atoms with Crippen LogP contribution in [-0.2, 0) is 6.42 Å². The van der Waals surface area contributed by atoms with Crippen molar-refractivity contribution in [1.29, 1.82) is 0 Å². The summed E-state index contributed by atoms with van der Waals surface area (Å²) in [5, 5.41) is 16.7. The van der Waals surface area contributed by atoms with Crippen molar-refractivity contribution in [3.05, 3.63) is 29.7 Å². The molecule has 0 aromatic carbocycles. The second-order valence-corrected chi connectivity index (χ2v) is 4.97. The maximum atomic E-state index is 10.9. The minimum atomic E-state index is -0.949. The van der Waals surface area contributed by atoms with Gasteiger partial charge in [0.1, 0.15) is 0 Å². The number of rotatable bonds is 3. The number of aromatic nitrogens is 3. The Hall–Kier alpha value is -1.95. The van der Waals surface area contributed by atoms with E-state index in [1.807, 2.05) is 0 Å². The van der Waals surface area contributed by atoms with E-state index in [2.05, 4.69) is 15.4 Å². The molecule has 6 heteroatoms. The van der Waals surface area contributed by atoms with Gasteiger partial charge in [-0.25, -0.2) is 14.3 Å². The Balaban J connectivity index is 1.82. The van der Waals surface area contributed by atoms with Gasteiger partial charge in [0, 0.05) is 12.6 Å². The molecule has 0 amide bonds. The Morgan fingerprint density at radius 1 is 1.53 bits per heavy atom. The van der Waals surface area contributed by atoms with Crippen LogP contribution in [0.25, 0.3) is 5.65 Å². The van der Waals surface area contributed by atoms with Gasteiger partial charge < -0.3 is 10.4 Å². The molecule has 0 aliphatic carbocycles. The predicted octanol–water partition coefficient (Wildman–Crippen LogP) is 0.970. The van der Waals surface area contributed by atoms with Gasteiger partial charge in [0.15, 0.2) is 11.5 Å². The van der Waals surface area contributed by atoms with Crippen molar-refractivity contribution >= 4 is 11.6 Å². The molecule has 19 heavy (non-hydrogen) atoms. The normalized spacial score (nSPS) is 19.7. The number of hydrogen-bond acceptors (Lipinski definition) is 4. The molecule has 1 atom stereocenters. The van der Waals surface area contributed by atoms with Crippen molar-refractivity contribution in [2.75, 3.05) is 13.1 Å². The third-order valence-corrected chi connectivity index (χ3v) is 3.49. The highest BCUT2D eigenvalue weighted by atomic mass is 16.4. The van der Waals surface area contributed by atoms with E-state index < -0.39 is 5.97 Å². The number of nitrogens with one attached hydrogen (secondary N) is 1. The molecular weight excluding hydrogens is 244 g/mol. The van der Waals surface area contributed by atoms with E-state index in [4.69, 9.17) is 5.11 Å². The van der Waals surface area contributed by atoms with E-state index in [-0.39, 0.29) is 5.56 Å². The third kappa shape index (κ3) is 2.58. The van der Waals surface area contributed by atoms with Crippen molar-refractivity contribution in [2.45, 2.75) is 19.3 Å². The number of piperidine rings is 1. The lowest BCUT2D eigenvalue weighted by molar-refractivity contribution is 0.0696. The van der Waals surface area contributed by atoms with E-state index in [1.54, 1.807) is 16.6 Å². The Kier molecular flexibility index (Phi) is 3.16. The molecule has 6 nitrogen and oxygen atoms in total. The molecule has 0 radical (unpaired) electrons. The molecule has 1 aliphatic rings. The van der Waals surface area contributed by atoms with Gasteiger partial charge in [-0.1, -0.05) is 0 Å². The number of nitrogens with zero attached hydrogens (tertiary/aromatic N) is 3. The summed E-state index contributed by atoms with van der Waals surface area (Å²) >= 11 is 0. The van der Waals surface area contributed by atoms with Gasteiger partial charge in [0.25, 0.3) is 0 Å². The summed E-state index contributed by atoms with van der Waals surface area (Å²) in [5.41, 5.74) is 0.923. The number of fused-ring (bicyclic) bond motifs is 1. The third-order valence-electron chi connectivity index (χ3n) is 3.49. The van der Waals surface area contributed by atoms with Crippen LogP contribution in [0.1, 0.15) is 29.0 Å². The van der Waals surface area contributed by atoms with Crippen LogP contribution in [0, 0.1) is 5.92 Å². The van der Waals surface area contributed by atoms with Crippen LogP contribution in [0.15, 0.2) is 18.3 Å². The van der Waals surface area contributed by atoms with Gasteiger partial charge in [0.2, 0.25) is 0 Å². The molecule has 1 aliphatic heterocycles. The predicted molar refractivity (Wildman–Crippen MR) is 69.2 cm³/mol. The molecule has 3 heterocycles. The fourth-order valence-corrected chi connectivity index (χ4v) is 2.50. The summed E-state index contributed by atoms with van der Waals surface area (Å²) in [7, 11) is 0. The van der Waals surface area contributed by atoms with Gasteiger partial charge in [-0.3, -0.25) is 0 Å². The maximum Gasteiger partial charge on any atom is 0.337 e. The fraction of sp³-hybridized carbons (Fsp3) is 0.462. The van der Waals surface area contributed by atoms with Crippen LogP contribution in [0.2, 0.25) is 0 Å². The maximum absolute atomic E-state index is 10.9. The number of carbonyl (C=O) groups is 1. The van der Waals surface area contributed by atoms with Gasteiger partial charge in [-0.2, -0.15) is 5.10 Å². The zero-order valence-corrected chi connectivity index (χ0v) is 10.5. The largest absolute Gasteiger partial charge is 0.478 e. The van der Waals surface area contributed by atoms with Crippen LogP contribution in [0.3, 0.4) is 0 Å². The smallest absolute Gasteiger partial charge is 0.337 e. The van der Waals surface area contributed by atoms with E-state index in [9.17, 15) is 4.79 Å². The minimum Gasteiger partial charge on any atom is -0.478 e. The van der Waals surface area contributed by atoms with Crippen LogP contribution >= 0.6 is 0 Å². The average Bonchev–Trinajstić information content (AvgIpc) is 2.80. The van der Waals surface area contributed by atoms with E-state index >= 15 is 0 Å². The molecule has 0 saturated carbocycles. The van der Waals surface area contributed by atoms with Gasteiger partial charge in [-0.05, 0) is 44.0 Å². The van der Waals surface area contributed by atoms with Crippen LogP contribution in [-0.4, -0.2) is 38.8 Å². The lowest BCUT2D eigenvalue weighted by atomic mass is 9.96. The monoisotopic (exact) mass is 260 g/mol. The molecule has 3 rings (SSSR count). The number of hydrogen-bond donors (Lipinski definition) is 2. The summed E-state index contributed by atoms with van der Waals surface area (Å²) < 4.78 is 1.55. The number of carboxylic acid groups (broad SMARTS) is 1. The molecule has 2 N–H and O–H groups in total. The summed E-state index contributed by atoms with van der Waals surface area (Å²) in [6.07, 6.45) is 4.74. The second-order valence-electron chi connectivity index (χ2n) is 4.97. The topological polar surface area (TPSA) is 79.5 Å². The Morgan fingerprint density at radius 2 is 2.42 bits per heavy atom. The number of aromatic carboxylic acids is 1.